The molecular formula is C18H25NO. The standard InChI is InChI=1S/C18H25NO/c1-2-3-4-5-6-7-8-10-15-12-13-17(20)18-16(15)11-9-14-19-18/h9,11-14,20H,2-8,10H2,1H3. The van der Waals surface area contributed by atoms with Crippen molar-refractivity contribution in [2.24, 2.45) is 0 Å². The molecule has 1 aromatic carbocycles. The fraction of sp³-hybridized carbons (Fsp3) is 0.500. The molecule has 1 aromatic heterocycles. The van der Waals surface area contributed by atoms with Gasteiger partial charge in [-0.05, 0) is 30.5 Å². The zero-order chi connectivity index (χ0) is 14.2. The zero-order valence-corrected chi connectivity index (χ0v) is 12.4. The second kappa shape index (κ2) is 7.88. The van der Waals surface area contributed by atoms with Gasteiger partial charge in [-0.15, -0.1) is 0 Å². The molecule has 2 nitrogen and oxygen atoms in total. The highest BCUT2D eigenvalue weighted by molar-refractivity contribution is 5.87. The number of aryl methyl sites for hydroxylation is 1. The van der Waals surface area contributed by atoms with E-state index >= 15 is 0 Å². The van der Waals surface area contributed by atoms with Crippen LogP contribution in [-0.4, -0.2) is 10.1 Å². The number of aromatic nitrogens is 1. The van der Waals surface area contributed by atoms with Crippen LogP contribution < -0.4 is 0 Å². The van der Waals surface area contributed by atoms with Gasteiger partial charge in [-0.1, -0.05) is 57.6 Å². The summed E-state index contributed by atoms with van der Waals surface area (Å²) in [5, 5.41) is 10.9. The summed E-state index contributed by atoms with van der Waals surface area (Å²) in [5.41, 5.74) is 2.03. The Kier molecular flexibility index (Phi) is 5.85. The Morgan fingerprint density at radius 1 is 0.950 bits per heavy atom. The highest BCUT2D eigenvalue weighted by Gasteiger charge is 2.05. The van der Waals surface area contributed by atoms with E-state index in [1.165, 1.54) is 50.5 Å². The van der Waals surface area contributed by atoms with Gasteiger partial charge in [0.2, 0.25) is 0 Å². The van der Waals surface area contributed by atoms with Crippen LogP contribution in [0.1, 0.15) is 57.4 Å². The molecule has 0 aliphatic rings. The first-order chi connectivity index (χ1) is 9.83. The summed E-state index contributed by atoms with van der Waals surface area (Å²) in [6.45, 7) is 2.25. The lowest BCUT2D eigenvalue weighted by molar-refractivity contribution is 0.480. The maximum Gasteiger partial charge on any atom is 0.141 e. The van der Waals surface area contributed by atoms with Gasteiger partial charge < -0.3 is 5.11 Å². The molecule has 2 heteroatoms. The van der Waals surface area contributed by atoms with Crippen LogP contribution in [0.25, 0.3) is 10.9 Å². The molecule has 2 rings (SSSR count). The van der Waals surface area contributed by atoms with Crippen molar-refractivity contribution in [3.05, 3.63) is 36.0 Å². The molecular weight excluding hydrogens is 246 g/mol. The number of hydrogen-bond acceptors (Lipinski definition) is 2. The minimum absolute atomic E-state index is 0.281. The molecule has 2 aromatic rings. The minimum atomic E-state index is 0.281. The Bertz CT molecular complexity index is 536. The number of rotatable bonds is 8. The normalized spacial score (nSPS) is 11.1. The number of unbranched alkanes of at least 4 members (excludes halogenated alkanes) is 6. The average molecular weight is 271 g/mol. The van der Waals surface area contributed by atoms with Crippen molar-refractivity contribution < 1.29 is 5.11 Å². The van der Waals surface area contributed by atoms with E-state index in [0.29, 0.717) is 0 Å². The third-order valence-corrected chi connectivity index (χ3v) is 3.89. The second-order valence-electron chi connectivity index (χ2n) is 5.51. The first kappa shape index (κ1) is 14.8. The van der Waals surface area contributed by atoms with Gasteiger partial charge in [0.05, 0.1) is 0 Å². The quantitative estimate of drug-likeness (QED) is 0.666. The topological polar surface area (TPSA) is 33.1 Å². The second-order valence-corrected chi connectivity index (χ2v) is 5.51. The fourth-order valence-corrected chi connectivity index (χ4v) is 2.71. The first-order valence-electron chi connectivity index (χ1n) is 7.88. The highest BCUT2D eigenvalue weighted by Crippen LogP contribution is 2.26. The van der Waals surface area contributed by atoms with Crippen LogP contribution >= 0.6 is 0 Å². The number of phenolic OH excluding ortho intramolecular Hbond substituents is 1. The van der Waals surface area contributed by atoms with Crippen molar-refractivity contribution in [2.45, 2.75) is 58.3 Å². The van der Waals surface area contributed by atoms with Gasteiger partial charge in [0, 0.05) is 11.6 Å². The van der Waals surface area contributed by atoms with Crippen LogP contribution in [0.15, 0.2) is 30.5 Å². The Hall–Kier alpha value is -1.57. The van der Waals surface area contributed by atoms with E-state index in [-0.39, 0.29) is 5.75 Å². The van der Waals surface area contributed by atoms with Gasteiger partial charge in [-0.2, -0.15) is 0 Å². The predicted octanol–water partition coefficient (Wildman–Crippen LogP) is 5.23. The SMILES string of the molecule is CCCCCCCCCc1ccc(O)c2ncccc12. The lowest BCUT2D eigenvalue weighted by Crippen LogP contribution is -1.90. The van der Waals surface area contributed by atoms with Crippen molar-refractivity contribution in [1.29, 1.82) is 0 Å². The summed E-state index contributed by atoms with van der Waals surface area (Å²) in [5.74, 6) is 0.281. The number of nitrogens with zero attached hydrogens (tertiary/aromatic N) is 1. The molecule has 0 atom stereocenters. The van der Waals surface area contributed by atoms with Gasteiger partial charge in [0.15, 0.2) is 0 Å². The largest absolute Gasteiger partial charge is 0.506 e. The number of pyridine rings is 1. The molecule has 108 valence electrons. The molecule has 0 saturated carbocycles. The molecule has 0 bridgehead atoms. The Morgan fingerprint density at radius 3 is 2.50 bits per heavy atom. The van der Waals surface area contributed by atoms with E-state index in [1.54, 1.807) is 12.3 Å². The molecule has 0 amide bonds. The zero-order valence-electron chi connectivity index (χ0n) is 12.4. The van der Waals surface area contributed by atoms with E-state index in [0.717, 1.165) is 17.3 Å². The Balaban J connectivity index is 1.86. The van der Waals surface area contributed by atoms with Crippen LogP contribution in [-0.2, 0) is 6.42 Å². The number of aromatic hydroxyl groups is 1. The van der Waals surface area contributed by atoms with Gasteiger partial charge in [-0.25, -0.2) is 0 Å². The van der Waals surface area contributed by atoms with Crippen molar-refractivity contribution in [3.63, 3.8) is 0 Å². The summed E-state index contributed by atoms with van der Waals surface area (Å²) < 4.78 is 0. The van der Waals surface area contributed by atoms with Gasteiger partial charge in [0.25, 0.3) is 0 Å². The molecule has 1 heterocycles. The first-order valence-corrected chi connectivity index (χ1v) is 7.88. The van der Waals surface area contributed by atoms with Crippen LogP contribution in [0.3, 0.4) is 0 Å². The molecule has 1 N–H and O–H groups in total. The van der Waals surface area contributed by atoms with Gasteiger partial charge in [0.1, 0.15) is 11.3 Å². The van der Waals surface area contributed by atoms with Crippen LogP contribution in [0.4, 0.5) is 0 Å². The third kappa shape index (κ3) is 3.96. The number of fused-ring (bicyclic) bond motifs is 1. The molecule has 20 heavy (non-hydrogen) atoms. The Morgan fingerprint density at radius 2 is 1.70 bits per heavy atom. The fourth-order valence-electron chi connectivity index (χ4n) is 2.71. The van der Waals surface area contributed by atoms with Crippen molar-refractivity contribution in [1.82, 2.24) is 4.98 Å². The summed E-state index contributed by atoms with van der Waals surface area (Å²) in [6.07, 6.45) is 12.1. The summed E-state index contributed by atoms with van der Waals surface area (Å²) in [6, 6.07) is 7.80. The monoisotopic (exact) mass is 271 g/mol. The molecule has 0 aliphatic heterocycles. The van der Waals surface area contributed by atoms with Crippen LogP contribution in [0, 0.1) is 0 Å². The predicted molar refractivity (Wildman–Crippen MR) is 85.1 cm³/mol. The lowest BCUT2D eigenvalue weighted by Gasteiger charge is -2.07. The van der Waals surface area contributed by atoms with E-state index in [2.05, 4.69) is 18.0 Å². The minimum Gasteiger partial charge on any atom is -0.506 e. The smallest absolute Gasteiger partial charge is 0.141 e. The maximum atomic E-state index is 9.83. The van der Waals surface area contributed by atoms with E-state index in [1.807, 2.05) is 12.1 Å². The molecule has 0 saturated heterocycles. The number of benzene rings is 1. The summed E-state index contributed by atoms with van der Waals surface area (Å²) >= 11 is 0. The van der Waals surface area contributed by atoms with Gasteiger partial charge in [-0.3, -0.25) is 4.98 Å². The van der Waals surface area contributed by atoms with Crippen molar-refractivity contribution >= 4 is 10.9 Å². The van der Waals surface area contributed by atoms with Gasteiger partial charge >= 0.3 is 0 Å². The Labute approximate surface area is 121 Å². The summed E-state index contributed by atoms with van der Waals surface area (Å²) in [7, 11) is 0. The molecule has 0 aliphatic carbocycles. The van der Waals surface area contributed by atoms with Crippen LogP contribution in [0.2, 0.25) is 0 Å². The van der Waals surface area contributed by atoms with E-state index in [9.17, 15) is 5.11 Å². The van der Waals surface area contributed by atoms with E-state index in [4.69, 9.17) is 0 Å². The van der Waals surface area contributed by atoms with E-state index < -0.39 is 0 Å². The highest BCUT2D eigenvalue weighted by atomic mass is 16.3. The molecule has 0 radical (unpaired) electrons. The number of phenols is 1. The number of hydrogen-bond donors (Lipinski definition) is 1. The average Bonchev–Trinajstić information content (AvgIpc) is 2.49. The van der Waals surface area contributed by atoms with Crippen molar-refractivity contribution in [2.75, 3.05) is 0 Å². The lowest BCUT2D eigenvalue weighted by atomic mass is 10.0. The summed E-state index contributed by atoms with van der Waals surface area (Å²) in [4.78, 5) is 4.27. The third-order valence-electron chi connectivity index (χ3n) is 3.89. The molecule has 0 fully saturated rings. The van der Waals surface area contributed by atoms with Crippen molar-refractivity contribution in [3.8, 4) is 5.75 Å². The molecule has 0 unspecified atom stereocenters. The maximum absolute atomic E-state index is 9.83. The van der Waals surface area contributed by atoms with Crippen LogP contribution in [0.5, 0.6) is 5.75 Å². The molecule has 0 spiro atoms.